The van der Waals surface area contributed by atoms with Crippen molar-refractivity contribution in [1.82, 2.24) is 0 Å². The molecule has 0 fully saturated rings. The Labute approximate surface area is 108 Å². The standard InChI is InChI=1S/C14H20O4/c1-4-7-8-12(14(16)18-10-6-3)11-13(15)17-9-5-2/h5-6,11H,2-4,7-10H2,1H3. The van der Waals surface area contributed by atoms with Crippen molar-refractivity contribution >= 4 is 11.9 Å². The number of carbonyl (C=O) groups is 2. The smallest absolute Gasteiger partial charge is 0.334 e. The zero-order valence-corrected chi connectivity index (χ0v) is 10.8. The molecule has 0 aromatic rings. The summed E-state index contributed by atoms with van der Waals surface area (Å²) in [6, 6.07) is 0. The van der Waals surface area contributed by atoms with E-state index >= 15 is 0 Å². The number of carbonyl (C=O) groups excluding carboxylic acids is 2. The fourth-order valence-corrected chi connectivity index (χ4v) is 1.15. The van der Waals surface area contributed by atoms with Crippen LogP contribution in [0.1, 0.15) is 26.2 Å². The Bertz CT molecular complexity index is 329. The Hall–Kier alpha value is -1.84. The molecule has 0 spiro atoms. The van der Waals surface area contributed by atoms with Crippen molar-refractivity contribution in [2.45, 2.75) is 26.2 Å². The molecule has 0 heterocycles. The molecule has 100 valence electrons. The summed E-state index contributed by atoms with van der Waals surface area (Å²) in [6.07, 6.45) is 6.36. The average Bonchev–Trinajstić information content (AvgIpc) is 2.38. The highest BCUT2D eigenvalue weighted by Gasteiger charge is 2.12. The van der Waals surface area contributed by atoms with Gasteiger partial charge in [0, 0.05) is 11.6 Å². The normalized spacial score (nSPS) is 10.6. The number of unbranched alkanes of at least 4 members (excludes halogenated alkanes) is 1. The highest BCUT2D eigenvalue weighted by molar-refractivity contribution is 5.96. The van der Waals surface area contributed by atoms with E-state index in [-0.39, 0.29) is 13.2 Å². The van der Waals surface area contributed by atoms with Crippen LogP contribution in [0.2, 0.25) is 0 Å². The lowest BCUT2D eigenvalue weighted by molar-refractivity contribution is -0.140. The highest BCUT2D eigenvalue weighted by Crippen LogP contribution is 2.10. The van der Waals surface area contributed by atoms with E-state index in [9.17, 15) is 9.59 Å². The van der Waals surface area contributed by atoms with Crippen LogP contribution < -0.4 is 0 Å². The molecule has 0 unspecified atom stereocenters. The van der Waals surface area contributed by atoms with Crippen LogP contribution in [0.4, 0.5) is 0 Å². The molecule has 0 aliphatic heterocycles. The van der Waals surface area contributed by atoms with Gasteiger partial charge in [0.25, 0.3) is 0 Å². The van der Waals surface area contributed by atoms with Crippen LogP contribution in [0.5, 0.6) is 0 Å². The third kappa shape index (κ3) is 7.44. The molecule has 0 aliphatic carbocycles. The topological polar surface area (TPSA) is 52.6 Å². The molecule has 0 aromatic heterocycles. The van der Waals surface area contributed by atoms with E-state index in [1.807, 2.05) is 6.92 Å². The third-order valence-electron chi connectivity index (χ3n) is 2.03. The minimum absolute atomic E-state index is 0.123. The molecule has 0 aromatic carbocycles. The van der Waals surface area contributed by atoms with E-state index in [0.717, 1.165) is 12.8 Å². The maximum Gasteiger partial charge on any atom is 0.334 e. The molecule has 0 atom stereocenters. The molecule has 0 aliphatic rings. The van der Waals surface area contributed by atoms with Gasteiger partial charge >= 0.3 is 11.9 Å². The first-order valence-electron chi connectivity index (χ1n) is 5.91. The average molecular weight is 252 g/mol. The molecular weight excluding hydrogens is 232 g/mol. The molecule has 0 bridgehead atoms. The zero-order valence-electron chi connectivity index (χ0n) is 10.8. The second kappa shape index (κ2) is 10.3. The van der Waals surface area contributed by atoms with E-state index < -0.39 is 11.9 Å². The van der Waals surface area contributed by atoms with Gasteiger partial charge in [-0.05, 0) is 12.8 Å². The summed E-state index contributed by atoms with van der Waals surface area (Å²) in [5.74, 6) is -1.06. The number of rotatable bonds is 9. The van der Waals surface area contributed by atoms with Crippen molar-refractivity contribution in [3.63, 3.8) is 0 Å². The van der Waals surface area contributed by atoms with Gasteiger partial charge < -0.3 is 9.47 Å². The zero-order chi connectivity index (χ0) is 13.8. The fraction of sp³-hybridized carbons (Fsp3) is 0.429. The second-order valence-corrected chi connectivity index (χ2v) is 3.58. The first-order chi connectivity index (χ1) is 8.65. The third-order valence-corrected chi connectivity index (χ3v) is 2.03. The molecule has 0 rings (SSSR count). The van der Waals surface area contributed by atoms with Gasteiger partial charge in [-0.1, -0.05) is 38.7 Å². The molecule has 0 saturated heterocycles. The van der Waals surface area contributed by atoms with E-state index in [1.165, 1.54) is 18.2 Å². The summed E-state index contributed by atoms with van der Waals surface area (Å²) in [7, 11) is 0. The quantitative estimate of drug-likeness (QED) is 0.359. The van der Waals surface area contributed by atoms with Crippen LogP contribution >= 0.6 is 0 Å². The van der Waals surface area contributed by atoms with Crippen molar-refractivity contribution in [3.8, 4) is 0 Å². The minimum Gasteiger partial charge on any atom is -0.458 e. The lowest BCUT2D eigenvalue weighted by atomic mass is 10.1. The van der Waals surface area contributed by atoms with Crippen LogP contribution in [0.25, 0.3) is 0 Å². The van der Waals surface area contributed by atoms with E-state index in [2.05, 4.69) is 13.2 Å². The van der Waals surface area contributed by atoms with Gasteiger partial charge in [0.1, 0.15) is 13.2 Å². The van der Waals surface area contributed by atoms with Gasteiger partial charge in [-0.3, -0.25) is 0 Å². The fourth-order valence-electron chi connectivity index (χ4n) is 1.15. The Morgan fingerprint density at radius 2 is 1.72 bits per heavy atom. The summed E-state index contributed by atoms with van der Waals surface area (Å²) in [5, 5.41) is 0. The summed E-state index contributed by atoms with van der Waals surface area (Å²) >= 11 is 0. The van der Waals surface area contributed by atoms with E-state index in [4.69, 9.17) is 9.47 Å². The number of ether oxygens (including phenoxy) is 2. The number of esters is 2. The predicted molar refractivity (Wildman–Crippen MR) is 69.9 cm³/mol. The molecule has 4 heteroatoms. The van der Waals surface area contributed by atoms with Crippen LogP contribution in [-0.2, 0) is 19.1 Å². The van der Waals surface area contributed by atoms with E-state index in [1.54, 1.807) is 0 Å². The highest BCUT2D eigenvalue weighted by atomic mass is 16.5. The maximum atomic E-state index is 11.7. The molecular formula is C14H20O4. The Balaban J connectivity index is 4.57. The van der Waals surface area contributed by atoms with Crippen LogP contribution in [-0.4, -0.2) is 25.2 Å². The molecule has 0 radical (unpaired) electrons. The second-order valence-electron chi connectivity index (χ2n) is 3.58. The summed E-state index contributed by atoms with van der Waals surface area (Å²) in [4.78, 5) is 23.0. The molecule has 0 N–H and O–H groups in total. The summed E-state index contributed by atoms with van der Waals surface area (Å²) in [6.45, 7) is 9.15. The number of hydrogen-bond donors (Lipinski definition) is 0. The Morgan fingerprint density at radius 1 is 1.11 bits per heavy atom. The van der Waals surface area contributed by atoms with Crippen molar-refractivity contribution in [2.75, 3.05) is 13.2 Å². The first-order valence-corrected chi connectivity index (χ1v) is 5.91. The van der Waals surface area contributed by atoms with Gasteiger partial charge in [-0.15, -0.1) is 0 Å². The summed E-state index contributed by atoms with van der Waals surface area (Å²) < 4.78 is 9.70. The van der Waals surface area contributed by atoms with Gasteiger partial charge in [-0.2, -0.15) is 0 Å². The van der Waals surface area contributed by atoms with Crippen molar-refractivity contribution in [2.24, 2.45) is 0 Å². The largest absolute Gasteiger partial charge is 0.458 e. The first kappa shape index (κ1) is 16.2. The Kier molecular flexibility index (Phi) is 9.27. The number of hydrogen-bond acceptors (Lipinski definition) is 4. The van der Waals surface area contributed by atoms with E-state index in [0.29, 0.717) is 12.0 Å². The molecule has 18 heavy (non-hydrogen) atoms. The van der Waals surface area contributed by atoms with Crippen molar-refractivity contribution in [3.05, 3.63) is 37.0 Å². The maximum absolute atomic E-state index is 11.7. The van der Waals surface area contributed by atoms with Gasteiger partial charge in [0.2, 0.25) is 0 Å². The van der Waals surface area contributed by atoms with Crippen LogP contribution in [0.3, 0.4) is 0 Å². The van der Waals surface area contributed by atoms with Gasteiger partial charge in [-0.25, -0.2) is 9.59 Å². The van der Waals surface area contributed by atoms with Gasteiger partial charge in [0.05, 0.1) is 0 Å². The van der Waals surface area contributed by atoms with Crippen LogP contribution in [0, 0.1) is 0 Å². The molecule has 4 nitrogen and oxygen atoms in total. The predicted octanol–water partition coefficient (Wildman–Crippen LogP) is 2.56. The molecule has 0 amide bonds. The summed E-state index contributed by atoms with van der Waals surface area (Å²) in [5.41, 5.74) is 0.327. The lowest BCUT2D eigenvalue weighted by Gasteiger charge is -2.06. The minimum atomic E-state index is -0.559. The molecule has 0 saturated carbocycles. The van der Waals surface area contributed by atoms with Crippen molar-refractivity contribution in [1.29, 1.82) is 0 Å². The monoisotopic (exact) mass is 252 g/mol. The van der Waals surface area contributed by atoms with Crippen LogP contribution in [0.15, 0.2) is 37.0 Å². The SMILES string of the molecule is C=CCOC(=O)C=C(CCCC)C(=O)OCC=C. The lowest BCUT2D eigenvalue weighted by Crippen LogP contribution is -2.11. The van der Waals surface area contributed by atoms with Gasteiger partial charge in [0.15, 0.2) is 0 Å². The Morgan fingerprint density at radius 3 is 2.28 bits per heavy atom. The van der Waals surface area contributed by atoms with Crippen molar-refractivity contribution < 1.29 is 19.1 Å².